The van der Waals surface area contributed by atoms with Gasteiger partial charge in [-0.1, -0.05) is 97.9 Å². The van der Waals surface area contributed by atoms with E-state index in [0.29, 0.717) is 0 Å². The molecule has 2 nitrogen and oxygen atoms in total. The van der Waals surface area contributed by atoms with Crippen LogP contribution in [-0.2, 0) is 16.2 Å². The molecule has 1 heterocycles. The molecule has 0 bridgehead atoms. The summed E-state index contributed by atoms with van der Waals surface area (Å²) in [5.74, 6) is 0. The van der Waals surface area contributed by atoms with Gasteiger partial charge in [0.2, 0.25) is 0 Å². The smallest absolute Gasteiger partial charge is 0.0635 e. The maximum Gasteiger partial charge on any atom is 0.0635 e. The monoisotopic (exact) mass is 544 g/mol. The van der Waals surface area contributed by atoms with Gasteiger partial charge in [0.15, 0.2) is 0 Å². The standard InChI is InChI=1S/C33H40N2.BrH/c1-31(2,3)24-20-25(32(4,5)6)22-26(21-24)34-19-13-12-16-29-33(7,8)30-27-15-11-10-14-23(27)17-18-28(30)35(29)9;/h10-22H,1-9H3;1H/b13-12+,29-16+,34-19?;. The van der Waals surface area contributed by atoms with Crippen LogP contribution in [0, 0.1) is 0 Å². The Labute approximate surface area is 228 Å². The van der Waals surface area contributed by atoms with E-state index in [9.17, 15) is 0 Å². The summed E-state index contributed by atoms with van der Waals surface area (Å²) in [6, 6.07) is 19.9. The van der Waals surface area contributed by atoms with Crippen LogP contribution in [0.4, 0.5) is 11.4 Å². The normalized spacial score (nSPS) is 16.8. The lowest BCUT2D eigenvalue weighted by atomic mass is 9.80. The van der Waals surface area contributed by atoms with Crippen molar-refractivity contribution in [2.24, 2.45) is 4.99 Å². The molecular weight excluding hydrogens is 504 g/mol. The van der Waals surface area contributed by atoms with E-state index in [1.807, 2.05) is 12.3 Å². The highest BCUT2D eigenvalue weighted by Gasteiger charge is 2.39. The predicted octanol–water partition coefficient (Wildman–Crippen LogP) is 9.58. The van der Waals surface area contributed by atoms with E-state index >= 15 is 0 Å². The fraction of sp³-hybridized carbons (Fsp3) is 0.364. The van der Waals surface area contributed by atoms with Crippen LogP contribution in [0.3, 0.4) is 0 Å². The van der Waals surface area contributed by atoms with Crippen molar-refractivity contribution in [1.82, 2.24) is 0 Å². The number of hydrogen-bond donors (Lipinski definition) is 0. The predicted molar refractivity (Wildman–Crippen MR) is 165 cm³/mol. The molecule has 3 heteroatoms. The molecule has 0 aliphatic carbocycles. The molecule has 3 aromatic carbocycles. The first-order chi connectivity index (χ1) is 16.3. The minimum Gasteiger partial charge on any atom is -0.347 e. The number of benzene rings is 3. The van der Waals surface area contributed by atoms with Crippen molar-refractivity contribution in [3.05, 3.63) is 95.2 Å². The SMILES string of the molecule is Br.CN1/C(=C/C=C/C=Nc2cc(C(C)(C)C)cc(C(C)(C)C)c2)C(C)(C)c2c1ccc1ccccc21. The van der Waals surface area contributed by atoms with Crippen LogP contribution in [0.1, 0.15) is 72.1 Å². The van der Waals surface area contributed by atoms with Gasteiger partial charge in [-0.3, -0.25) is 4.99 Å². The second-order valence-electron chi connectivity index (χ2n) is 12.3. The molecule has 0 spiro atoms. The van der Waals surface area contributed by atoms with Crippen LogP contribution >= 0.6 is 17.0 Å². The molecule has 1 aliphatic rings. The largest absolute Gasteiger partial charge is 0.347 e. The summed E-state index contributed by atoms with van der Waals surface area (Å²) in [4.78, 5) is 7.12. The molecule has 0 amide bonds. The number of anilines is 1. The first-order valence-electron chi connectivity index (χ1n) is 12.6. The molecule has 4 rings (SSSR count). The molecule has 0 radical (unpaired) electrons. The van der Waals surface area contributed by atoms with Crippen LogP contribution in [0.15, 0.2) is 83.5 Å². The van der Waals surface area contributed by atoms with Crippen molar-refractivity contribution in [1.29, 1.82) is 0 Å². The van der Waals surface area contributed by atoms with E-state index in [4.69, 9.17) is 4.99 Å². The Kier molecular flexibility index (Phi) is 7.77. The number of halogens is 1. The summed E-state index contributed by atoms with van der Waals surface area (Å²) in [5, 5.41) is 2.63. The zero-order valence-electron chi connectivity index (χ0n) is 23.3. The topological polar surface area (TPSA) is 15.6 Å². The summed E-state index contributed by atoms with van der Waals surface area (Å²) < 4.78 is 0. The Morgan fingerprint density at radius 3 is 2.03 bits per heavy atom. The van der Waals surface area contributed by atoms with Gasteiger partial charge in [-0.25, -0.2) is 0 Å². The summed E-state index contributed by atoms with van der Waals surface area (Å²) >= 11 is 0. The minimum absolute atomic E-state index is 0. The number of hydrogen-bond acceptors (Lipinski definition) is 2. The molecule has 0 aromatic heterocycles. The number of likely N-dealkylation sites (N-methyl/N-ethyl adjacent to an activating group) is 1. The molecule has 36 heavy (non-hydrogen) atoms. The highest BCUT2D eigenvalue weighted by molar-refractivity contribution is 8.93. The number of fused-ring (bicyclic) bond motifs is 3. The first-order valence-corrected chi connectivity index (χ1v) is 12.6. The molecule has 0 atom stereocenters. The van der Waals surface area contributed by atoms with Crippen LogP contribution < -0.4 is 4.90 Å². The van der Waals surface area contributed by atoms with E-state index in [2.05, 4.69) is 134 Å². The van der Waals surface area contributed by atoms with Crippen molar-refractivity contribution >= 4 is 45.3 Å². The Bertz CT molecular complexity index is 1310. The average molecular weight is 546 g/mol. The van der Waals surface area contributed by atoms with Gasteiger partial charge in [-0.05, 0) is 68.6 Å². The quantitative estimate of drug-likeness (QED) is 0.299. The van der Waals surface area contributed by atoms with E-state index in [-0.39, 0.29) is 33.2 Å². The van der Waals surface area contributed by atoms with E-state index in [1.165, 1.54) is 38.8 Å². The van der Waals surface area contributed by atoms with Gasteiger partial charge >= 0.3 is 0 Å². The highest BCUT2D eigenvalue weighted by atomic mass is 79.9. The van der Waals surface area contributed by atoms with Crippen LogP contribution in [0.5, 0.6) is 0 Å². The zero-order valence-corrected chi connectivity index (χ0v) is 25.0. The van der Waals surface area contributed by atoms with Crippen LogP contribution in [0.2, 0.25) is 0 Å². The van der Waals surface area contributed by atoms with Gasteiger partial charge in [0, 0.05) is 30.1 Å². The third-order valence-electron chi connectivity index (χ3n) is 7.22. The number of aliphatic imine (C=N–C) groups is 1. The van der Waals surface area contributed by atoms with Crippen molar-refractivity contribution in [3.63, 3.8) is 0 Å². The molecule has 0 saturated carbocycles. The highest BCUT2D eigenvalue weighted by Crippen LogP contribution is 2.49. The Morgan fingerprint density at radius 2 is 1.42 bits per heavy atom. The Balaban J connectivity index is 0.00000361. The summed E-state index contributed by atoms with van der Waals surface area (Å²) in [7, 11) is 2.17. The lowest BCUT2D eigenvalue weighted by molar-refractivity contribution is 0.569. The maximum atomic E-state index is 4.80. The van der Waals surface area contributed by atoms with E-state index in [0.717, 1.165) is 5.69 Å². The van der Waals surface area contributed by atoms with Crippen molar-refractivity contribution in [3.8, 4) is 0 Å². The van der Waals surface area contributed by atoms with Crippen LogP contribution in [0.25, 0.3) is 10.8 Å². The molecule has 0 fully saturated rings. The van der Waals surface area contributed by atoms with Gasteiger partial charge in [-0.15, -0.1) is 17.0 Å². The average Bonchev–Trinajstić information content (AvgIpc) is 2.97. The third kappa shape index (κ3) is 5.37. The molecule has 1 aliphatic heterocycles. The fourth-order valence-corrected chi connectivity index (χ4v) is 5.07. The van der Waals surface area contributed by atoms with Crippen molar-refractivity contribution in [2.75, 3.05) is 11.9 Å². The fourth-order valence-electron chi connectivity index (χ4n) is 5.07. The van der Waals surface area contributed by atoms with Gasteiger partial charge in [-0.2, -0.15) is 0 Å². The van der Waals surface area contributed by atoms with Crippen molar-refractivity contribution < 1.29 is 0 Å². The minimum atomic E-state index is -0.0743. The van der Waals surface area contributed by atoms with Crippen LogP contribution in [-0.4, -0.2) is 13.3 Å². The van der Waals surface area contributed by atoms with Gasteiger partial charge in [0.05, 0.1) is 5.69 Å². The van der Waals surface area contributed by atoms with E-state index < -0.39 is 0 Å². The molecule has 3 aromatic rings. The molecule has 190 valence electrons. The van der Waals surface area contributed by atoms with E-state index in [1.54, 1.807) is 0 Å². The summed E-state index contributed by atoms with van der Waals surface area (Å²) in [5.41, 5.74) is 7.73. The van der Waals surface area contributed by atoms with Gasteiger partial charge in [0.25, 0.3) is 0 Å². The Hall–Kier alpha value is -2.65. The van der Waals surface area contributed by atoms with Gasteiger partial charge < -0.3 is 4.90 Å². The lowest BCUT2D eigenvalue weighted by Crippen LogP contribution is -2.22. The van der Waals surface area contributed by atoms with Gasteiger partial charge in [0.1, 0.15) is 0 Å². The second-order valence-corrected chi connectivity index (χ2v) is 12.3. The maximum absolute atomic E-state index is 4.80. The number of rotatable bonds is 3. The second kappa shape index (κ2) is 10.0. The molecular formula is C33H41BrN2. The Morgan fingerprint density at radius 1 is 0.806 bits per heavy atom. The summed E-state index contributed by atoms with van der Waals surface area (Å²) in [6.07, 6.45) is 8.30. The summed E-state index contributed by atoms with van der Waals surface area (Å²) in [6.45, 7) is 18.2. The zero-order chi connectivity index (χ0) is 25.6. The lowest BCUT2D eigenvalue weighted by Gasteiger charge is -2.25. The first kappa shape index (κ1) is 27.9. The molecule has 0 unspecified atom stereocenters. The molecule has 0 N–H and O–H groups in total. The number of allylic oxidation sites excluding steroid dienone is 4. The third-order valence-corrected chi connectivity index (χ3v) is 7.22. The number of nitrogens with zero attached hydrogens (tertiary/aromatic N) is 2. The molecule has 0 saturated heterocycles. The van der Waals surface area contributed by atoms with Crippen molar-refractivity contribution in [2.45, 2.75) is 71.6 Å².